The minimum absolute atomic E-state index is 0.139. The number of carbonyl (C=O) groups is 2. The van der Waals surface area contributed by atoms with Gasteiger partial charge in [0.2, 0.25) is 14.3 Å². The molecule has 9 heteroatoms. The highest BCUT2D eigenvalue weighted by Crippen LogP contribution is 2.60. The van der Waals surface area contributed by atoms with Crippen molar-refractivity contribution in [2.45, 2.75) is 56.5 Å². The standard InChI is InChI=1S/C29H34FN3O4Si/c1-5-16-32-24-13-11-21(33-26(35)14-12-23(31-33)20-9-7-6-8-10-20)18-22(24)29(28(32)36)19(2)27(38(3,4)30)25(37-29)15-17-34/h5-11,13,18-19,25,27,34H,1,12,14-17H2,2-4H3/t19-,25+,27-,29+/m0/s1. The molecule has 38 heavy (non-hydrogen) atoms. The van der Waals surface area contributed by atoms with Crippen LogP contribution in [0.2, 0.25) is 18.6 Å². The highest BCUT2D eigenvalue weighted by Gasteiger charge is 2.66. The van der Waals surface area contributed by atoms with Crippen molar-refractivity contribution in [1.29, 1.82) is 0 Å². The molecule has 0 unspecified atom stereocenters. The second-order valence-corrected chi connectivity index (χ2v) is 14.6. The molecule has 4 atom stereocenters. The molecule has 7 nitrogen and oxygen atoms in total. The molecule has 1 spiro atoms. The summed E-state index contributed by atoms with van der Waals surface area (Å²) in [6, 6.07) is 15.1. The number of benzene rings is 2. The molecule has 2 aromatic carbocycles. The molecule has 200 valence electrons. The minimum Gasteiger partial charge on any atom is -0.396 e. The lowest BCUT2D eigenvalue weighted by Gasteiger charge is -2.31. The summed E-state index contributed by atoms with van der Waals surface area (Å²) in [7, 11) is -3.29. The number of aliphatic hydroxyl groups excluding tert-OH is 1. The fraction of sp³-hybridized carbons (Fsp3) is 0.414. The summed E-state index contributed by atoms with van der Waals surface area (Å²) in [5.41, 5.74) is 1.65. The molecule has 1 saturated heterocycles. The summed E-state index contributed by atoms with van der Waals surface area (Å²) < 4.78 is 22.2. The van der Waals surface area contributed by atoms with Crippen LogP contribution in [0, 0.1) is 5.92 Å². The van der Waals surface area contributed by atoms with E-state index in [0.717, 1.165) is 11.3 Å². The van der Waals surface area contributed by atoms with Crippen molar-refractivity contribution in [2.75, 3.05) is 23.1 Å². The summed E-state index contributed by atoms with van der Waals surface area (Å²) in [5.74, 6) is -0.874. The number of hydrogen-bond acceptors (Lipinski definition) is 5. The quantitative estimate of drug-likeness (QED) is 0.310. The Bertz CT molecular complexity index is 1290. The molecule has 5 rings (SSSR count). The van der Waals surface area contributed by atoms with Crippen molar-refractivity contribution in [2.24, 2.45) is 11.0 Å². The Morgan fingerprint density at radius 1 is 1.21 bits per heavy atom. The first-order chi connectivity index (χ1) is 18.1. The average Bonchev–Trinajstić information content (AvgIpc) is 3.32. The molecule has 2 amide bonds. The van der Waals surface area contributed by atoms with E-state index < -0.39 is 31.6 Å². The van der Waals surface area contributed by atoms with Crippen LogP contribution in [-0.4, -0.2) is 50.3 Å². The molecule has 0 bridgehead atoms. The third-order valence-electron chi connectivity index (χ3n) is 8.05. The maximum atomic E-state index is 15.7. The number of fused-ring (bicyclic) bond motifs is 2. The molecule has 0 saturated carbocycles. The van der Waals surface area contributed by atoms with Gasteiger partial charge < -0.3 is 18.9 Å². The number of hydrogen-bond donors (Lipinski definition) is 1. The van der Waals surface area contributed by atoms with Crippen molar-refractivity contribution in [3.8, 4) is 0 Å². The largest absolute Gasteiger partial charge is 0.396 e. The zero-order chi connectivity index (χ0) is 27.2. The van der Waals surface area contributed by atoms with Gasteiger partial charge in [-0.2, -0.15) is 5.10 Å². The lowest BCUT2D eigenvalue weighted by molar-refractivity contribution is -0.146. The zero-order valence-corrected chi connectivity index (χ0v) is 23.1. The minimum atomic E-state index is -3.29. The van der Waals surface area contributed by atoms with Crippen molar-refractivity contribution in [1.82, 2.24) is 0 Å². The Labute approximate surface area is 223 Å². The monoisotopic (exact) mass is 535 g/mol. The van der Waals surface area contributed by atoms with Crippen LogP contribution in [0.15, 0.2) is 66.3 Å². The van der Waals surface area contributed by atoms with E-state index in [1.165, 1.54) is 5.01 Å². The summed E-state index contributed by atoms with van der Waals surface area (Å²) in [4.78, 5) is 28.7. The van der Waals surface area contributed by atoms with E-state index in [-0.39, 0.29) is 31.4 Å². The number of halogens is 1. The average molecular weight is 536 g/mol. The maximum Gasteiger partial charge on any atom is 0.264 e. The Kier molecular flexibility index (Phi) is 6.87. The second kappa shape index (κ2) is 9.87. The van der Waals surface area contributed by atoms with Gasteiger partial charge in [0.05, 0.1) is 23.2 Å². The number of nitrogens with zero attached hydrogens (tertiary/aromatic N) is 3. The van der Waals surface area contributed by atoms with E-state index in [2.05, 4.69) is 6.58 Å². The summed E-state index contributed by atoms with van der Waals surface area (Å²) in [6.45, 7) is 9.06. The van der Waals surface area contributed by atoms with E-state index in [9.17, 15) is 14.7 Å². The molecule has 3 aliphatic rings. The van der Waals surface area contributed by atoms with Gasteiger partial charge in [-0.05, 0) is 43.3 Å². The Morgan fingerprint density at radius 2 is 1.95 bits per heavy atom. The number of amides is 2. The molecule has 3 heterocycles. The van der Waals surface area contributed by atoms with E-state index in [4.69, 9.17) is 9.84 Å². The highest BCUT2D eigenvalue weighted by molar-refractivity contribution is 6.72. The topological polar surface area (TPSA) is 82.4 Å². The van der Waals surface area contributed by atoms with Crippen LogP contribution in [0.3, 0.4) is 0 Å². The van der Waals surface area contributed by atoms with Gasteiger partial charge in [0.15, 0.2) is 5.60 Å². The van der Waals surface area contributed by atoms with E-state index in [1.54, 1.807) is 36.2 Å². The number of aliphatic hydroxyl groups is 1. The van der Waals surface area contributed by atoms with Crippen molar-refractivity contribution >= 4 is 37.3 Å². The number of anilines is 2. The zero-order valence-electron chi connectivity index (χ0n) is 22.1. The maximum absolute atomic E-state index is 15.7. The van der Waals surface area contributed by atoms with Gasteiger partial charge in [-0.15, -0.1) is 6.58 Å². The lowest BCUT2D eigenvalue weighted by atomic mass is 9.82. The molecular weight excluding hydrogens is 501 g/mol. The Morgan fingerprint density at radius 3 is 2.61 bits per heavy atom. The van der Waals surface area contributed by atoms with Crippen LogP contribution in [0.5, 0.6) is 0 Å². The fourth-order valence-electron chi connectivity index (χ4n) is 6.47. The van der Waals surface area contributed by atoms with Gasteiger partial charge in [-0.3, -0.25) is 9.59 Å². The third-order valence-corrected chi connectivity index (χ3v) is 10.5. The second-order valence-electron chi connectivity index (χ2n) is 10.8. The molecule has 0 radical (unpaired) electrons. The normalized spacial score (nSPS) is 27.2. The first-order valence-electron chi connectivity index (χ1n) is 13.1. The molecule has 1 fully saturated rings. The smallest absolute Gasteiger partial charge is 0.264 e. The van der Waals surface area contributed by atoms with Crippen LogP contribution in [0.25, 0.3) is 0 Å². The van der Waals surface area contributed by atoms with Gasteiger partial charge >= 0.3 is 0 Å². The van der Waals surface area contributed by atoms with Crippen LogP contribution < -0.4 is 9.91 Å². The first-order valence-corrected chi connectivity index (χ1v) is 16.1. The van der Waals surface area contributed by atoms with Gasteiger partial charge in [-0.1, -0.05) is 43.3 Å². The number of rotatable bonds is 7. The van der Waals surface area contributed by atoms with E-state index in [0.29, 0.717) is 29.8 Å². The predicted octanol–water partition coefficient (Wildman–Crippen LogP) is 4.91. The Hall–Kier alpha value is -3.14. The molecule has 0 aromatic heterocycles. The fourth-order valence-corrected chi connectivity index (χ4v) is 9.01. The lowest BCUT2D eigenvalue weighted by Crippen LogP contribution is -2.45. The predicted molar refractivity (Wildman–Crippen MR) is 148 cm³/mol. The van der Waals surface area contributed by atoms with Crippen molar-refractivity contribution < 1.29 is 23.5 Å². The van der Waals surface area contributed by atoms with E-state index in [1.807, 2.05) is 43.3 Å². The number of carbonyl (C=O) groups excluding carboxylic acids is 2. The number of ether oxygens (including phenoxy) is 1. The highest BCUT2D eigenvalue weighted by atomic mass is 28.4. The van der Waals surface area contributed by atoms with Gasteiger partial charge in [-0.25, -0.2) is 5.01 Å². The molecular formula is C29H34FN3O4Si. The molecule has 2 aromatic rings. The van der Waals surface area contributed by atoms with Gasteiger partial charge in [0, 0.05) is 43.0 Å². The van der Waals surface area contributed by atoms with Crippen LogP contribution in [0.4, 0.5) is 15.5 Å². The van der Waals surface area contributed by atoms with Crippen LogP contribution >= 0.6 is 0 Å². The molecule has 3 aliphatic heterocycles. The van der Waals surface area contributed by atoms with E-state index >= 15 is 4.11 Å². The third kappa shape index (κ3) is 4.13. The molecule has 1 N–H and O–H groups in total. The molecule has 0 aliphatic carbocycles. The first kappa shape index (κ1) is 26.5. The summed E-state index contributed by atoms with van der Waals surface area (Å²) in [5, 5.41) is 15.8. The van der Waals surface area contributed by atoms with Crippen molar-refractivity contribution in [3.05, 3.63) is 72.3 Å². The van der Waals surface area contributed by atoms with Gasteiger partial charge in [0.25, 0.3) is 5.91 Å². The number of hydrazone groups is 1. The van der Waals surface area contributed by atoms with Gasteiger partial charge in [0.1, 0.15) is 0 Å². The summed E-state index contributed by atoms with van der Waals surface area (Å²) >= 11 is 0. The van der Waals surface area contributed by atoms with Crippen LogP contribution in [-0.2, 0) is 19.9 Å². The Balaban J connectivity index is 1.64. The summed E-state index contributed by atoms with van der Waals surface area (Å²) in [6.07, 6.45) is 2.16. The SMILES string of the molecule is C=CCN1C(=O)[C@]2(O[C@H](CCO)[C@@H]([Si](C)(C)F)[C@@H]2C)c2cc(N3N=C(c4ccccc4)CCC3=O)ccc21. The van der Waals surface area contributed by atoms with Crippen molar-refractivity contribution in [3.63, 3.8) is 0 Å². The van der Waals surface area contributed by atoms with Crippen LogP contribution in [0.1, 0.15) is 37.3 Å².